The van der Waals surface area contributed by atoms with E-state index in [1.807, 2.05) is 31.2 Å². The SMILES string of the molecule is Cc1ccccc1Nc1c(Nc2ccccc2[N+](=O)[O-])cccc1C(=O)O. The molecule has 3 aromatic carbocycles. The lowest BCUT2D eigenvalue weighted by Gasteiger charge is -2.17. The summed E-state index contributed by atoms with van der Waals surface area (Å²) in [5.74, 6) is -1.10. The smallest absolute Gasteiger partial charge is 0.337 e. The van der Waals surface area contributed by atoms with Crippen molar-refractivity contribution in [1.29, 1.82) is 0 Å². The highest BCUT2D eigenvalue weighted by atomic mass is 16.6. The number of nitrogens with zero attached hydrogens (tertiary/aromatic N) is 1. The summed E-state index contributed by atoms with van der Waals surface area (Å²) in [6, 6.07) is 18.4. The van der Waals surface area contributed by atoms with Crippen LogP contribution in [0.25, 0.3) is 0 Å². The molecule has 0 saturated carbocycles. The van der Waals surface area contributed by atoms with Crippen molar-refractivity contribution in [3.05, 3.63) is 88.0 Å². The molecule has 0 bridgehead atoms. The third-order valence-corrected chi connectivity index (χ3v) is 4.07. The fourth-order valence-corrected chi connectivity index (χ4v) is 2.70. The molecule has 3 aromatic rings. The van der Waals surface area contributed by atoms with E-state index < -0.39 is 10.9 Å². The zero-order valence-corrected chi connectivity index (χ0v) is 14.5. The van der Waals surface area contributed by atoms with Crippen LogP contribution in [0.15, 0.2) is 66.7 Å². The fraction of sp³-hybridized carbons (Fsp3) is 0.0500. The number of anilines is 4. The second kappa shape index (κ2) is 7.57. The number of carboxylic acids is 1. The van der Waals surface area contributed by atoms with Gasteiger partial charge in [0.05, 0.1) is 21.9 Å². The van der Waals surface area contributed by atoms with E-state index >= 15 is 0 Å². The van der Waals surface area contributed by atoms with Gasteiger partial charge in [0.1, 0.15) is 5.69 Å². The van der Waals surface area contributed by atoms with Crippen molar-refractivity contribution in [3.8, 4) is 0 Å². The van der Waals surface area contributed by atoms with Crippen LogP contribution in [0.2, 0.25) is 0 Å². The number of rotatable bonds is 6. The molecule has 0 heterocycles. The second-order valence-corrected chi connectivity index (χ2v) is 5.87. The number of para-hydroxylation sites is 4. The molecule has 7 heteroatoms. The molecule has 136 valence electrons. The molecular formula is C20H17N3O4. The van der Waals surface area contributed by atoms with E-state index in [1.165, 1.54) is 12.1 Å². The molecule has 0 aliphatic carbocycles. The van der Waals surface area contributed by atoms with Crippen molar-refractivity contribution in [2.24, 2.45) is 0 Å². The van der Waals surface area contributed by atoms with Gasteiger partial charge in [0.2, 0.25) is 0 Å². The molecule has 7 nitrogen and oxygen atoms in total. The van der Waals surface area contributed by atoms with Crippen molar-refractivity contribution in [3.63, 3.8) is 0 Å². The van der Waals surface area contributed by atoms with Crippen LogP contribution < -0.4 is 10.6 Å². The van der Waals surface area contributed by atoms with Crippen LogP contribution in [0.4, 0.5) is 28.4 Å². The molecular weight excluding hydrogens is 346 g/mol. The average molecular weight is 363 g/mol. The zero-order valence-electron chi connectivity index (χ0n) is 14.5. The quantitative estimate of drug-likeness (QED) is 0.416. The minimum absolute atomic E-state index is 0.0573. The maximum atomic E-state index is 11.7. The van der Waals surface area contributed by atoms with Gasteiger partial charge in [0.25, 0.3) is 5.69 Å². The summed E-state index contributed by atoms with van der Waals surface area (Å²) in [6.45, 7) is 1.90. The number of carbonyl (C=O) groups is 1. The number of carboxylic acid groups (broad SMARTS) is 1. The van der Waals surface area contributed by atoms with Gasteiger partial charge in [0.15, 0.2) is 0 Å². The molecule has 0 saturated heterocycles. The minimum atomic E-state index is -1.10. The van der Waals surface area contributed by atoms with E-state index in [-0.39, 0.29) is 16.9 Å². The van der Waals surface area contributed by atoms with Crippen molar-refractivity contribution in [1.82, 2.24) is 0 Å². The third kappa shape index (κ3) is 3.87. The van der Waals surface area contributed by atoms with Gasteiger partial charge < -0.3 is 15.7 Å². The molecule has 0 spiro atoms. The Balaban J connectivity index is 2.08. The molecule has 0 aromatic heterocycles. The molecule has 0 atom stereocenters. The highest BCUT2D eigenvalue weighted by Crippen LogP contribution is 2.35. The molecule has 0 aliphatic heterocycles. The summed E-state index contributed by atoms with van der Waals surface area (Å²) >= 11 is 0. The van der Waals surface area contributed by atoms with Crippen LogP contribution >= 0.6 is 0 Å². The van der Waals surface area contributed by atoms with Crippen molar-refractivity contribution < 1.29 is 14.8 Å². The van der Waals surface area contributed by atoms with E-state index in [4.69, 9.17) is 0 Å². The van der Waals surface area contributed by atoms with E-state index in [9.17, 15) is 20.0 Å². The van der Waals surface area contributed by atoms with Gasteiger partial charge >= 0.3 is 5.97 Å². The van der Waals surface area contributed by atoms with E-state index in [0.717, 1.165) is 11.3 Å². The molecule has 0 radical (unpaired) electrons. The summed E-state index contributed by atoms with van der Waals surface area (Å²) in [6.07, 6.45) is 0. The van der Waals surface area contributed by atoms with Crippen LogP contribution in [0, 0.1) is 17.0 Å². The first-order valence-corrected chi connectivity index (χ1v) is 8.17. The Kier molecular flexibility index (Phi) is 5.03. The normalized spacial score (nSPS) is 10.3. The van der Waals surface area contributed by atoms with Crippen LogP contribution in [-0.2, 0) is 0 Å². The first-order chi connectivity index (χ1) is 13.0. The number of aromatic carboxylic acids is 1. The minimum Gasteiger partial charge on any atom is -0.478 e. The number of aryl methyl sites for hydroxylation is 1. The third-order valence-electron chi connectivity index (χ3n) is 4.07. The largest absolute Gasteiger partial charge is 0.478 e. The molecule has 0 fully saturated rings. The van der Waals surface area contributed by atoms with Gasteiger partial charge in [-0.1, -0.05) is 36.4 Å². The van der Waals surface area contributed by atoms with Crippen molar-refractivity contribution in [2.75, 3.05) is 10.6 Å². The maximum Gasteiger partial charge on any atom is 0.337 e. The van der Waals surface area contributed by atoms with Gasteiger partial charge in [-0.25, -0.2) is 4.79 Å². The Labute approximate surface area is 155 Å². The number of hydrogen-bond donors (Lipinski definition) is 3. The summed E-state index contributed by atoms with van der Waals surface area (Å²) in [5, 5.41) is 27.0. The summed E-state index contributed by atoms with van der Waals surface area (Å²) < 4.78 is 0. The highest BCUT2D eigenvalue weighted by molar-refractivity contribution is 6.00. The Morgan fingerprint density at radius 2 is 1.52 bits per heavy atom. The van der Waals surface area contributed by atoms with Crippen LogP contribution in [-0.4, -0.2) is 16.0 Å². The summed E-state index contributed by atoms with van der Waals surface area (Å²) in [7, 11) is 0. The zero-order chi connectivity index (χ0) is 19.4. The standard InChI is InChI=1S/C20H17N3O4/c1-13-7-2-3-9-15(13)22-19-14(20(24)25)8-6-11-17(19)21-16-10-4-5-12-18(16)23(26)27/h2-12,21-22H,1H3,(H,24,25). The van der Waals surface area contributed by atoms with Gasteiger partial charge in [-0.3, -0.25) is 10.1 Å². The summed E-state index contributed by atoms with van der Waals surface area (Å²) in [4.78, 5) is 22.5. The molecule has 3 rings (SSSR count). The molecule has 0 unspecified atom stereocenters. The van der Waals surface area contributed by atoms with Crippen LogP contribution in [0.3, 0.4) is 0 Å². The number of nitro groups is 1. The Bertz CT molecular complexity index is 1020. The average Bonchev–Trinajstić information content (AvgIpc) is 2.65. The molecule has 27 heavy (non-hydrogen) atoms. The van der Waals surface area contributed by atoms with Gasteiger partial charge in [0, 0.05) is 11.8 Å². The van der Waals surface area contributed by atoms with Gasteiger partial charge in [-0.15, -0.1) is 0 Å². The monoisotopic (exact) mass is 363 g/mol. The molecule has 0 amide bonds. The van der Waals surface area contributed by atoms with Crippen molar-refractivity contribution in [2.45, 2.75) is 6.92 Å². The predicted octanol–water partition coefficient (Wildman–Crippen LogP) is 5.09. The Morgan fingerprint density at radius 3 is 2.19 bits per heavy atom. The summed E-state index contributed by atoms with van der Waals surface area (Å²) in [5.41, 5.74) is 2.68. The van der Waals surface area contributed by atoms with Crippen LogP contribution in [0.5, 0.6) is 0 Å². The Hall–Kier alpha value is -3.87. The van der Waals surface area contributed by atoms with Crippen molar-refractivity contribution >= 4 is 34.4 Å². The predicted molar refractivity (Wildman–Crippen MR) is 104 cm³/mol. The number of nitrogens with one attached hydrogen (secondary N) is 2. The Morgan fingerprint density at radius 1 is 0.889 bits per heavy atom. The fourth-order valence-electron chi connectivity index (χ4n) is 2.70. The van der Waals surface area contributed by atoms with Gasteiger partial charge in [-0.05, 0) is 36.8 Å². The van der Waals surface area contributed by atoms with Crippen LogP contribution in [0.1, 0.15) is 15.9 Å². The van der Waals surface area contributed by atoms with E-state index in [2.05, 4.69) is 10.6 Å². The first-order valence-electron chi connectivity index (χ1n) is 8.17. The van der Waals surface area contributed by atoms with E-state index in [0.29, 0.717) is 11.4 Å². The number of benzene rings is 3. The van der Waals surface area contributed by atoms with E-state index in [1.54, 1.807) is 30.3 Å². The highest BCUT2D eigenvalue weighted by Gasteiger charge is 2.18. The van der Waals surface area contributed by atoms with Gasteiger partial charge in [-0.2, -0.15) is 0 Å². The lowest BCUT2D eigenvalue weighted by molar-refractivity contribution is -0.383. The first kappa shape index (κ1) is 17.9. The maximum absolute atomic E-state index is 11.7. The number of nitro benzene ring substituents is 1. The lowest BCUT2D eigenvalue weighted by Crippen LogP contribution is -2.07. The second-order valence-electron chi connectivity index (χ2n) is 5.87. The molecule has 0 aliphatic rings. The molecule has 3 N–H and O–H groups in total. The lowest BCUT2D eigenvalue weighted by atomic mass is 10.1. The number of hydrogen-bond acceptors (Lipinski definition) is 5. The topological polar surface area (TPSA) is 105 Å².